The Labute approximate surface area is 237 Å². The lowest BCUT2D eigenvalue weighted by Gasteiger charge is -2.24. The maximum atomic E-state index is 13.6. The second-order valence-corrected chi connectivity index (χ2v) is 9.95. The molecule has 2 amide bonds. The molecule has 1 heterocycles. The SMILES string of the molecule is COc1ccc(CCN2C(=S)N(c3ccc(Cl)cc3)C(=O)[C@H]2CC(=O)Nc2cccc(Cl)c2C)cc1OC. The van der Waals surface area contributed by atoms with Crippen molar-refractivity contribution < 1.29 is 19.1 Å². The van der Waals surface area contributed by atoms with Crippen molar-refractivity contribution >= 4 is 63.7 Å². The van der Waals surface area contributed by atoms with Gasteiger partial charge in [0.15, 0.2) is 16.6 Å². The second kappa shape index (κ2) is 12.0. The first-order valence-corrected chi connectivity index (χ1v) is 13.1. The third-order valence-corrected chi connectivity index (χ3v) is 7.49. The van der Waals surface area contributed by atoms with Crippen molar-refractivity contribution in [2.75, 3.05) is 31.0 Å². The average Bonchev–Trinajstić information content (AvgIpc) is 3.14. The van der Waals surface area contributed by atoms with Crippen LogP contribution in [0.5, 0.6) is 11.5 Å². The summed E-state index contributed by atoms with van der Waals surface area (Å²) in [5.74, 6) is 0.650. The maximum Gasteiger partial charge on any atom is 0.256 e. The monoisotopic (exact) mass is 571 g/mol. The second-order valence-electron chi connectivity index (χ2n) is 8.75. The van der Waals surface area contributed by atoms with Gasteiger partial charge in [0.2, 0.25) is 5.91 Å². The molecule has 1 saturated heterocycles. The molecule has 38 heavy (non-hydrogen) atoms. The minimum Gasteiger partial charge on any atom is -0.493 e. The standard InChI is InChI=1S/C28H27Cl2N3O4S/c1-17-21(30)5-4-6-22(17)31-26(34)16-23-27(35)33(20-10-8-19(29)9-11-20)28(38)32(23)14-13-18-7-12-24(36-2)25(15-18)37-3/h4-12,15,23H,13-14,16H2,1-3H3,(H,31,34)/t23-/m1/s1. The summed E-state index contributed by atoms with van der Waals surface area (Å²) in [6.45, 7) is 2.24. The lowest BCUT2D eigenvalue weighted by atomic mass is 10.1. The summed E-state index contributed by atoms with van der Waals surface area (Å²) in [5.41, 5.74) is 2.92. The normalized spacial score (nSPS) is 15.1. The van der Waals surface area contributed by atoms with E-state index in [1.165, 1.54) is 4.90 Å². The molecular weight excluding hydrogens is 545 g/mol. The highest BCUT2D eigenvalue weighted by Gasteiger charge is 2.44. The van der Waals surface area contributed by atoms with E-state index in [0.29, 0.717) is 51.0 Å². The van der Waals surface area contributed by atoms with Crippen molar-refractivity contribution in [1.29, 1.82) is 0 Å². The van der Waals surface area contributed by atoms with Gasteiger partial charge in [-0.1, -0.05) is 35.3 Å². The highest BCUT2D eigenvalue weighted by atomic mass is 35.5. The van der Waals surface area contributed by atoms with Crippen LogP contribution in [0.3, 0.4) is 0 Å². The van der Waals surface area contributed by atoms with E-state index in [-0.39, 0.29) is 18.2 Å². The number of rotatable bonds is 9. The van der Waals surface area contributed by atoms with Crippen molar-refractivity contribution in [3.63, 3.8) is 0 Å². The van der Waals surface area contributed by atoms with Crippen LogP contribution in [0, 0.1) is 6.92 Å². The van der Waals surface area contributed by atoms with Gasteiger partial charge in [-0.2, -0.15) is 0 Å². The minimum absolute atomic E-state index is 0.0824. The van der Waals surface area contributed by atoms with E-state index in [1.807, 2.05) is 25.1 Å². The Hall–Kier alpha value is -3.33. The summed E-state index contributed by atoms with van der Waals surface area (Å²) in [5, 5.41) is 4.31. The van der Waals surface area contributed by atoms with E-state index < -0.39 is 6.04 Å². The molecule has 198 valence electrons. The Morgan fingerprint density at radius 1 is 1.03 bits per heavy atom. The van der Waals surface area contributed by atoms with Gasteiger partial charge in [-0.15, -0.1) is 0 Å². The van der Waals surface area contributed by atoms with Gasteiger partial charge < -0.3 is 19.7 Å². The maximum absolute atomic E-state index is 13.6. The van der Waals surface area contributed by atoms with Crippen molar-refractivity contribution in [1.82, 2.24) is 4.90 Å². The average molecular weight is 573 g/mol. The summed E-state index contributed by atoms with van der Waals surface area (Å²) < 4.78 is 10.7. The number of carbonyl (C=O) groups excluding carboxylic acids is 2. The predicted octanol–water partition coefficient (Wildman–Crippen LogP) is 5.89. The quantitative estimate of drug-likeness (QED) is 0.323. The molecule has 0 aromatic heterocycles. The molecule has 4 rings (SSSR count). The van der Waals surface area contributed by atoms with Crippen LogP contribution in [0.2, 0.25) is 10.0 Å². The number of anilines is 2. The molecule has 0 unspecified atom stereocenters. The van der Waals surface area contributed by atoms with E-state index in [9.17, 15) is 9.59 Å². The summed E-state index contributed by atoms with van der Waals surface area (Å²) >= 11 is 18.0. The first kappa shape index (κ1) is 27.7. The van der Waals surface area contributed by atoms with Gasteiger partial charge in [-0.3, -0.25) is 14.5 Å². The first-order chi connectivity index (χ1) is 18.2. The zero-order valence-corrected chi connectivity index (χ0v) is 23.5. The van der Waals surface area contributed by atoms with E-state index in [1.54, 1.807) is 61.6 Å². The molecule has 1 atom stereocenters. The molecule has 0 bridgehead atoms. The van der Waals surface area contributed by atoms with Gasteiger partial charge in [0.05, 0.1) is 26.3 Å². The number of ether oxygens (including phenoxy) is 2. The summed E-state index contributed by atoms with van der Waals surface area (Å²) in [4.78, 5) is 30.0. The number of nitrogens with one attached hydrogen (secondary N) is 1. The van der Waals surface area contributed by atoms with Crippen LogP contribution in [0.25, 0.3) is 0 Å². The topological polar surface area (TPSA) is 71.1 Å². The predicted molar refractivity (Wildman–Crippen MR) is 155 cm³/mol. The van der Waals surface area contributed by atoms with E-state index in [2.05, 4.69) is 5.32 Å². The van der Waals surface area contributed by atoms with Crippen LogP contribution in [0.4, 0.5) is 11.4 Å². The number of hydrogen-bond acceptors (Lipinski definition) is 5. The summed E-state index contributed by atoms with van der Waals surface area (Å²) in [6, 6.07) is 17.0. The van der Waals surface area contributed by atoms with Crippen LogP contribution in [-0.4, -0.2) is 48.6 Å². The highest BCUT2D eigenvalue weighted by Crippen LogP contribution is 2.31. The van der Waals surface area contributed by atoms with Gasteiger partial charge in [0.25, 0.3) is 5.91 Å². The Morgan fingerprint density at radius 2 is 1.74 bits per heavy atom. The lowest BCUT2D eigenvalue weighted by Crippen LogP contribution is -2.39. The fourth-order valence-electron chi connectivity index (χ4n) is 4.32. The van der Waals surface area contributed by atoms with E-state index in [4.69, 9.17) is 44.9 Å². The third kappa shape index (κ3) is 5.88. The Bertz CT molecular complexity index is 1370. The minimum atomic E-state index is -0.780. The molecule has 3 aromatic carbocycles. The number of benzene rings is 3. The third-order valence-electron chi connectivity index (χ3n) is 6.41. The van der Waals surface area contributed by atoms with Gasteiger partial charge in [0, 0.05) is 22.3 Å². The lowest BCUT2D eigenvalue weighted by molar-refractivity contribution is -0.124. The number of thiocarbonyl (C=S) groups is 1. The van der Waals surface area contributed by atoms with Crippen LogP contribution >= 0.6 is 35.4 Å². The van der Waals surface area contributed by atoms with E-state index >= 15 is 0 Å². The molecule has 0 spiro atoms. The Kier molecular flexibility index (Phi) is 8.76. The fourth-order valence-corrected chi connectivity index (χ4v) is 5.04. The zero-order chi connectivity index (χ0) is 27.4. The molecule has 1 aliphatic rings. The van der Waals surface area contributed by atoms with Crippen molar-refractivity contribution in [3.8, 4) is 11.5 Å². The van der Waals surface area contributed by atoms with Crippen molar-refractivity contribution in [3.05, 3.63) is 81.8 Å². The Balaban J connectivity index is 1.58. The smallest absolute Gasteiger partial charge is 0.256 e. The highest BCUT2D eigenvalue weighted by molar-refractivity contribution is 7.80. The molecule has 10 heteroatoms. The zero-order valence-electron chi connectivity index (χ0n) is 21.2. The first-order valence-electron chi connectivity index (χ1n) is 11.9. The largest absolute Gasteiger partial charge is 0.493 e. The number of hydrogen-bond donors (Lipinski definition) is 1. The number of carbonyl (C=O) groups is 2. The van der Waals surface area contributed by atoms with Gasteiger partial charge in [0.1, 0.15) is 6.04 Å². The van der Waals surface area contributed by atoms with Crippen LogP contribution in [0.15, 0.2) is 60.7 Å². The molecule has 1 N–H and O–H groups in total. The van der Waals surface area contributed by atoms with E-state index in [0.717, 1.165) is 11.1 Å². The molecule has 7 nitrogen and oxygen atoms in total. The Morgan fingerprint density at radius 3 is 2.42 bits per heavy atom. The molecule has 1 fully saturated rings. The molecular formula is C28H27Cl2N3O4S. The summed E-state index contributed by atoms with van der Waals surface area (Å²) in [7, 11) is 3.16. The molecule has 0 saturated carbocycles. The molecule has 1 aliphatic heterocycles. The van der Waals surface area contributed by atoms with Gasteiger partial charge >= 0.3 is 0 Å². The van der Waals surface area contributed by atoms with Crippen molar-refractivity contribution in [2.45, 2.75) is 25.8 Å². The fraction of sp³-hybridized carbons (Fsp3) is 0.250. The van der Waals surface area contributed by atoms with Gasteiger partial charge in [-0.25, -0.2) is 0 Å². The van der Waals surface area contributed by atoms with Crippen LogP contribution in [-0.2, 0) is 16.0 Å². The molecule has 0 aliphatic carbocycles. The number of methoxy groups -OCH3 is 2. The number of nitrogens with zero attached hydrogens (tertiary/aromatic N) is 2. The van der Waals surface area contributed by atoms with Crippen LogP contribution < -0.4 is 19.7 Å². The number of halogens is 2. The molecule has 0 radical (unpaired) electrons. The number of amides is 2. The summed E-state index contributed by atoms with van der Waals surface area (Å²) in [6.07, 6.45) is 0.481. The molecule has 3 aromatic rings. The van der Waals surface area contributed by atoms with Crippen LogP contribution in [0.1, 0.15) is 17.5 Å². The van der Waals surface area contributed by atoms with Gasteiger partial charge in [-0.05, 0) is 85.2 Å². The van der Waals surface area contributed by atoms with Crippen molar-refractivity contribution in [2.24, 2.45) is 0 Å².